The molecule has 28 heavy (non-hydrogen) atoms. The Kier molecular flexibility index (Phi) is 7.57. The van der Waals surface area contributed by atoms with Crippen LogP contribution in [-0.4, -0.2) is 36.3 Å². The number of imide groups is 1. The van der Waals surface area contributed by atoms with Crippen molar-refractivity contribution in [1.29, 1.82) is 5.26 Å². The van der Waals surface area contributed by atoms with Crippen LogP contribution in [0.25, 0.3) is 6.08 Å². The monoisotopic (exact) mass is 379 g/mol. The van der Waals surface area contributed by atoms with Crippen LogP contribution >= 0.6 is 0 Å². The van der Waals surface area contributed by atoms with Crippen LogP contribution in [0, 0.1) is 11.3 Å². The zero-order chi connectivity index (χ0) is 20.7. The topological polar surface area (TPSA) is 64.4 Å². The Bertz CT molecular complexity index is 824. The van der Waals surface area contributed by atoms with Crippen LogP contribution in [0.5, 0.6) is 0 Å². The number of hydrogen-bond acceptors (Lipinski definition) is 4. The average molecular weight is 380 g/mol. The van der Waals surface area contributed by atoms with E-state index in [4.69, 9.17) is 0 Å². The summed E-state index contributed by atoms with van der Waals surface area (Å²) in [5.41, 5.74) is 2.93. The quantitative estimate of drug-likeness (QED) is 0.383. The van der Waals surface area contributed by atoms with E-state index in [1.54, 1.807) is 13.0 Å². The summed E-state index contributed by atoms with van der Waals surface area (Å²) in [4.78, 5) is 29.0. The van der Waals surface area contributed by atoms with Crippen molar-refractivity contribution in [3.05, 3.63) is 46.5 Å². The minimum absolute atomic E-state index is 0.0575. The van der Waals surface area contributed by atoms with Crippen LogP contribution in [0.1, 0.15) is 52.5 Å². The van der Waals surface area contributed by atoms with Gasteiger partial charge in [0.1, 0.15) is 11.6 Å². The maximum atomic E-state index is 13.0. The third-order valence-corrected chi connectivity index (χ3v) is 5.14. The molecule has 0 N–H and O–H groups in total. The molecular weight excluding hydrogens is 350 g/mol. The molecule has 1 aliphatic rings. The zero-order valence-corrected chi connectivity index (χ0v) is 17.3. The third-order valence-electron chi connectivity index (χ3n) is 5.14. The second-order valence-corrected chi connectivity index (χ2v) is 6.90. The lowest BCUT2D eigenvalue weighted by atomic mass is 9.93. The molecule has 0 radical (unpaired) electrons. The van der Waals surface area contributed by atoms with Gasteiger partial charge in [-0.2, -0.15) is 5.26 Å². The maximum Gasteiger partial charge on any atom is 0.271 e. The van der Waals surface area contributed by atoms with Gasteiger partial charge in [0.05, 0.1) is 0 Å². The molecule has 1 aromatic rings. The fourth-order valence-corrected chi connectivity index (χ4v) is 3.39. The number of nitrogens with zero attached hydrogens (tertiary/aromatic N) is 3. The van der Waals surface area contributed by atoms with E-state index >= 15 is 0 Å². The fourth-order valence-electron chi connectivity index (χ4n) is 3.39. The van der Waals surface area contributed by atoms with Crippen LogP contribution in [0.3, 0.4) is 0 Å². The first-order valence-corrected chi connectivity index (χ1v) is 10.0. The second kappa shape index (κ2) is 9.89. The normalized spacial score (nSPS) is 16.0. The smallest absolute Gasteiger partial charge is 0.271 e. The highest BCUT2D eigenvalue weighted by atomic mass is 16.2. The molecule has 1 aliphatic heterocycles. The lowest BCUT2D eigenvalue weighted by Gasteiger charge is -2.27. The number of unbranched alkanes of at least 4 members (excludes halogenated alkanes) is 2. The SMILES string of the molecule is CCCCCN1C(=O)C(C#N)=C(C)/C(=C\c2ccc(N(CC)CC)cc2)C1=O. The van der Waals surface area contributed by atoms with E-state index in [9.17, 15) is 14.9 Å². The molecule has 2 rings (SSSR count). The number of benzene rings is 1. The van der Waals surface area contributed by atoms with E-state index in [-0.39, 0.29) is 11.5 Å². The average Bonchev–Trinajstić information content (AvgIpc) is 2.70. The molecule has 0 fully saturated rings. The van der Waals surface area contributed by atoms with Gasteiger partial charge in [-0.05, 0) is 56.5 Å². The van der Waals surface area contributed by atoms with Crippen LogP contribution in [0.2, 0.25) is 0 Å². The van der Waals surface area contributed by atoms with Crippen molar-refractivity contribution in [2.45, 2.75) is 47.0 Å². The highest BCUT2D eigenvalue weighted by Crippen LogP contribution is 2.28. The summed E-state index contributed by atoms with van der Waals surface area (Å²) in [5.74, 6) is -0.791. The van der Waals surface area contributed by atoms with Crippen molar-refractivity contribution in [3.8, 4) is 6.07 Å². The van der Waals surface area contributed by atoms with Crippen molar-refractivity contribution in [2.75, 3.05) is 24.5 Å². The molecule has 1 aromatic carbocycles. The highest BCUT2D eigenvalue weighted by molar-refractivity contribution is 6.19. The number of amides is 2. The van der Waals surface area contributed by atoms with Crippen LogP contribution in [-0.2, 0) is 9.59 Å². The van der Waals surface area contributed by atoms with E-state index in [0.717, 1.165) is 43.6 Å². The van der Waals surface area contributed by atoms with Gasteiger partial charge in [0, 0.05) is 30.9 Å². The van der Waals surface area contributed by atoms with Gasteiger partial charge in [0.2, 0.25) is 0 Å². The van der Waals surface area contributed by atoms with Gasteiger partial charge in [-0.15, -0.1) is 0 Å². The molecule has 0 aromatic heterocycles. The number of anilines is 1. The fraction of sp³-hybridized carbons (Fsp3) is 0.435. The number of nitriles is 1. The van der Waals surface area contributed by atoms with Gasteiger partial charge >= 0.3 is 0 Å². The molecule has 1 heterocycles. The van der Waals surface area contributed by atoms with E-state index in [2.05, 4.69) is 25.7 Å². The highest BCUT2D eigenvalue weighted by Gasteiger charge is 2.34. The zero-order valence-electron chi connectivity index (χ0n) is 17.3. The first kappa shape index (κ1) is 21.4. The van der Waals surface area contributed by atoms with Crippen LogP contribution in [0.15, 0.2) is 41.0 Å². The molecular formula is C23H29N3O2. The minimum atomic E-state index is -0.477. The predicted molar refractivity (Wildman–Crippen MR) is 113 cm³/mol. The maximum absolute atomic E-state index is 13.0. The van der Waals surface area contributed by atoms with E-state index in [1.165, 1.54) is 4.90 Å². The van der Waals surface area contributed by atoms with Crippen molar-refractivity contribution < 1.29 is 9.59 Å². The summed E-state index contributed by atoms with van der Waals surface area (Å²) in [5, 5.41) is 9.44. The molecule has 5 nitrogen and oxygen atoms in total. The Labute approximate surface area is 167 Å². The van der Waals surface area contributed by atoms with Crippen molar-refractivity contribution in [3.63, 3.8) is 0 Å². The second-order valence-electron chi connectivity index (χ2n) is 6.90. The Hall–Kier alpha value is -2.87. The predicted octanol–water partition coefficient (Wildman–Crippen LogP) is 4.32. The summed E-state index contributed by atoms with van der Waals surface area (Å²) < 4.78 is 0. The van der Waals surface area contributed by atoms with Crippen molar-refractivity contribution >= 4 is 23.6 Å². The van der Waals surface area contributed by atoms with E-state index in [0.29, 0.717) is 17.7 Å². The first-order valence-electron chi connectivity index (χ1n) is 10.0. The standard InChI is InChI=1S/C23H29N3O2/c1-5-8-9-14-26-22(27)20(17(4)21(16-24)23(26)28)15-18-10-12-19(13-11-18)25(6-2)7-3/h10-13,15H,5-9,14H2,1-4H3/b20-15+. The lowest BCUT2D eigenvalue weighted by molar-refractivity contribution is -0.140. The molecule has 0 saturated carbocycles. The molecule has 0 saturated heterocycles. The van der Waals surface area contributed by atoms with Gasteiger partial charge in [0.15, 0.2) is 0 Å². The lowest BCUT2D eigenvalue weighted by Crippen LogP contribution is -2.43. The number of carbonyl (C=O) groups excluding carboxylic acids is 2. The van der Waals surface area contributed by atoms with Crippen LogP contribution in [0.4, 0.5) is 5.69 Å². The van der Waals surface area contributed by atoms with Gasteiger partial charge < -0.3 is 4.90 Å². The number of rotatable bonds is 8. The minimum Gasteiger partial charge on any atom is -0.372 e. The summed E-state index contributed by atoms with van der Waals surface area (Å²) in [6, 6.07) is 9.97. The Morgan fingerprint density at radius 3 is 2.21 bits per heavy atom. The van der Waals surface area contributed by atoms with Crippen LogP contribution < -0.4 is 4.90 Å². The summed E-state index contributed by atoms with van der Waals surface area (Å²) in [6.45, 7) is 10.2. The van der Waals surface area contributed by atoms with Crippen molar-refractivity contribution in [1.82, 2.24) is 4.90 Å². The molecule has 148 valence electrons. The van der Waals surface area contributed by atoms with E-state index < -0.39 is 5.91 Å². The van der Waals surface area contributed by atoms with Crippen molar-refractivity contribution in [2.24, 2.45) is 0 Å². The molecule has 0 atom stereocenters. The van der Waals surface area contributed by atoms with Gasteiger partial charge in [-0.1, -0.05) is 31.9 Å². The van der Waals surface area contributed by atoms with Gasteiger partial charge in [-0.25, -0.2) is 0 Å². The summed E-state index contributed by atoms with van der Waals surface area (Å²) in [7, 11) is 0. The number of hydrogen-bond donors (Lipinski definition) is 0. The van der Waals surface area contributed by atoms with Gasteiger partial charge in [0.25, 0.3) is 11.8 Å². The molecule has 0 bridgehead atoms. The Morgan fingerprint density at radius 2 is 1.68 bits per heavy atom. The largest absolute Gasteiger partial charge is 0.372 e. The molecule has 5 heteroatoms. The molecule has 2 amide bonds. The molecule has 0 spiro atoms. The molecule has 0 aliphatic carbocycles. The first-order chi connectivity index (χ1) is 13.5. The molecule has 0 unspecified atom stereocenters. The Morgan fingerprint density at radius 1 is 1.04 bits per heavy atom. The number of carbonyl (C=O) groups is 2. The summed E-state index contributed by atoms with van der Waals surface area (Å²) >= 11 is 0. The van der Waals surface area contributed by atoms with Gasteiger partial charge in [-0.3, -0.25) is 14.5 Å². The summed E-state index contributed by atoms with van der Waals surface area (Å²) in [6.07, 6.45) is 4.46. The Balaban J connectivity index is 2.38. The van der Waals surface area contributed by atoms with E-state index in [1.807, 2.05) is 30.3 Å². The third kappa shape index (κ3) is 4.51.